The van der Waals surface area contributed by atoms with Gasteiger partial charge in [-0.3, -0.25) is 14.6 Å². The number of carbonyl (C=O) groups is 2. The first-order valence-electron chi connectivity index (χ1n) is 34.7. The Morgan fingerprint density at radius 3 is 1.02 bits per heavy atom. The maximum Gasteiger partial charge on any atom is 0.381 e. The molecule has 0 atom stereocenters. The molecule has 10 heterocycles. The van der Waals surface area contributed by atoms with Crippen LogP contribution in [0.4, 0.5) is 13.2 Å². The Balaban J connectivity index is 0.000000345. The Hall–Kier alpha value is -9.93. The second-order valence-corrected chi connectivity index (χ2v) is 25.4. The Morgan fingerprint density at radius 1 is 0.339 bits per heavy atom. The molecule has 23 heteroatoms. The number of pyridine rings is 8. The van der Waals surface area contributed by atoms with Gasteiger partial charge in [0, 0.05) is 177 Å². The predicted octanol–water partition coefficient (Wildman–Crippen LogP) is 23.9. The van der Waals surface area contributed by atoms with Gasteiger partial charge in [-0.15, -0.1) is 154 Å². The number of carbonyl (C=O) groups excluding carboxylic acids is 2. The molecule has 10 aromatic heterocycles. The molecule has 5 radical (unpaired) electrons. The zero-order valence-corrected chi connectivity index (χ0v) is 79.1. The molecule has 0 aliphatic carbocycles. The molecular weight excluding hydrogens is 2590 g/mol. The summed E-state index contributed by atoms with van der Waals surface area (Å²) in [6.07, 6.45) is 13.9. The molecule has 0 aliphatic rings. The molecule has 7 aromatic carbocycles. The number of fused-ring (bicyclic) bond motifs is 3. The van der Waals surface area contributed by atoms with Crippen LogP contribution in [0.3, 0.4) is 0 Å². The van der Waals surface area contributed by atoms with Crippen molar-refractivity contribution in [3.63, 3.8) is 0 Å². The second-order valence-electron chi connectivity index (χ2n) is 23.6. The van der Waals surface area contributed by atoms with Gasteiger partial charge in [-0.25, -0.2) is 22.7 Å². The van der Waals surface area contributed by atoms with E-state index in [-0.39, 0.29) is 145 Å². The number of hydrogen-bond donors (Lipinski definition) is 2. The molecule has 0 fully saturated rings. The van der Waals surface area contributed by atoms with Gasteiger partial charge in [0.25, 0.3) is 0 Å². The molecule has 0 saturated heterocycles. The van der Waals surface area contributed by atoms with Gasteiger partial charge in [0.05, 0.1) is 11.5 Å². The molecule has 0 saturated carbocycles. The quantitative estimate of drug-likeness (QED) is 0.0795. The van der Waals surface area contributed by atoms with E-state index in [0.717, 1.165) is 83.7 Å². The van der Waals surface area contributed by atoms with Gasteiger partial charge in [-0.2, -0.15) is 49.1 Å². The van der Waals surface area contributed by atoms with E-state index < -0.39 is 11.7 Å². The van der Waals surface area contributed by atoms with Crippen LogP contribution in [0.5, 0.6) is 0 Å². The number of ketones is 2. The maximum absolute atomic E-state index is 12.3. The molecule has 611 valence electrons. The van der Waals surface area contributed by atoms with E-state index >= 15 is 0 Å². The van der Waals surface area contributed by atoms with Crippen LogP contribution >= 0.6 is 22.7 Å². The average Bonchev–Trinajstić information content (AvgIpc) is 1.04. The Bertz CT molecular complexity index is 5370. The van der Waals surface area contributed by atoms with E-state index in [1.807, 2.05) is 230 Å². The number of hydrogen-bond acceptors (Lipinski definition) is 14. The van der Waals surface area contributed by atoms with Crippen LogP contribution in [0, 0.1) is 42.5 Å². The summed E-state index contributed by atoms with van der Waals surface area (Å²) in [5.41, 5.74) is 10.5. The van der Waals surface area contributed by atoms with E-state index in [9.17, 15) is 22.8 Å². The number of allylic oxidation sites excluding steroid dienone is 4. The van der Waals surface area contributed by atoms with Gasteiger partial charge < -0.3 is 45.1 Å². The fourth-order valence-corrected chi connectivity index (χ4v) is 11.6. The van der Waals surface area contributed by atoms with Crippen molar-refractivity contribution < 1.29 is 155 Å². The van der Waals surface area contributed by atoms with Gasteiger partial charge >= 0.3 is 6.18 Å². The number of aliphatic hydroxyl groups is 2. The third kappa shape index (κ3) is 34.9. The Kier molecular flexibility index (Phi) is 48.9. The van der Waals surface area contributed by atoms with E-state index in [2.05, 4.69) is 119 Å². The summed E-state index contributed by atoms with van der Waals surface area (Å²) in [4.78, 5) is 56.2. The van der Waals surface area contributed by atoms with Crippen molar-refractivity contribution >= 4 is 66.6 Å². The van der Waals surface area contributed by atoms with Gasteiger partial charge in [0.1, 0.15) is 0 Å². The molecule has 0 unspecified atom stereocenters. The van der Waals surface area contributed by atoms with Crippen molar-refractivity contribution in [2.45, 2.75) is 33.9 Å². The summed E-state index contributed by atoms with van der Waals surface area (Å²) >= 11 is 3.33. The van der Waals surface area contributed by atoms with Crippen LogP contribution in [-0.2, 0) is 137 Å². The number of halogens is 3. The Morgan fingerprint density at radius 2 is 0.695 bits per heavy atom. The van der Waals surface area contributed by atoms with E-state index in [4.69, 9.17) is 10.2 Å². The zero-order chi connectivity index (χ0) is 79.0. The summed E-state index contributed by atoms with van der Waals surface area (Å²) < 4.78 is 36.9. The second kappa shape index (κ2) is 56.5. The van der Waals surface area contributed by atoms with Gasteiger partial charge in [-0.05, 0) is 160 Å². The van der Waals surface area contributed by atoms with Crippen molar-refractivity contribution in [2.75, 3.05) is 0 Å². The number of aliphatic hydroxyl groups excluding tert-OH is 2. The van der Waals surface area contributed by atoms with Crippen LogP contribution in [-0.4, -0.2) is 61.7 Å². The molecule has 0 bridgehead atoms. The number of thiophene rings is 2. The number of benzene rings is 7. The van der Waals surface area contributed by atoms with Crippen molar-refractivity contribution in [2.24, 2.45) is 0 Å². The number of nitrogens with zero attached hydrogens (tertiary/aromatic N) is 8. The molecule has 0 spiro atoms. The minimum Gasteiger partial charge on any atom is -0.512 e. The monoisotopic (exact) mass is 2670 g/mol. The van der Waals surface area contributed by atoms with Crippen LogP contribution < -0.4 is 0 Å². The van der Waals surface area contributed by atoms with Crippen molar-refractivity contribution in [1.29, 1.82) is 0 Å². The van der Waals surface area contributed by atoms with Crippen LogP contribution in [0.2, 0.25) is 0 Å². The number of aromatic nitrogens is 8. The largest absolute Gasteiger partial charge is 0.512 e. The molecule has 17 aromatic rings. The van der Waals surface area contributed by atoms with E-state index in [0.29, 0.717) is 11.3 Å². The third-order valence-corrected chi connectivity index (χ3v) is 16.8. The molecule has 2 N–H and O–H groups in total. The molecule has 17 rings (SSSR count). The van der Waals surface area contributed by atoms with E-state index in [1.54, 1.807) is 78.1 Å². The minimum atomic E-state index is -4.32. The minimum absolute atomic E-state index is 0. The first-order chi connectivity index (χ1) is 54.6. The molecule has 12 nitrogen and oxygen atoms in total. The van der Waals surface area contributed by atoms with Gasteiger partial charge in [0.15, 0.2) is 11.6 Å². The van der Waals surface area contributed by atoms with Crippen molar-refractivity contribution in [3.8, 4) is 77.4 Å². The van der Waals surface area contributed by atoms with Crippen molar-refractivity contribution in [3.05, 3.63) is 411 Å². The summed E-state index contributed by atoms with van der Waals surface area (Å²) in [5.74, 6) is -0.125. The first kappa shape index (κ1) is 102. The SMILES string of the molecule is CC(=O)C=C(C)O.CC(=O)C=C(C)O.FC(F)(F)c1c[c-]c(-c2ccccn2)cc1.[Ir].[Ir].[Ir].[Ir].[Ir].[Pt].[c-]1ccccc1-c1ccccn1.[c-]1ccccc1-c1ccccn1.[c-]1ccccc1-c1nccc2ccccc12.[c-]1ccsc1-c1ccccn1.[c-]1ccsc1-c1nccc2ccccc12.[c-]1cnccc1-c1nccc2ccccc12. The predicted molar refractivity (Wildman–Crippen MR) is 445 cm³/mol. The van der Waals surface area contributed by atoms with Gasteiger partial charge in [-0.1, -0.05) is 131 Å². The normalized spacial score (nSPS) is 9.99. The molecule has 0 aliphatic heterocycles. The smallest absolute Gasteiger partial charge is 0.381 e. The average molecular weight is 2670 g/mol. The fourth-order valence-electron chi connectivity index (χ4n) is 10.2. The number of alkyl halides is 3. The summed E-state index contributed by atoms with van der Waals surface area (Å²) in [5, 5.41) is 27.9. The summed E-state index contributed by atoms with van der Waals surface area (Å²) in [6.45, 7) is 5.70. The van der Waals surface area contributed by atoms with Crippen LogP contribution in [0.1, 0.15) is 33.3 Å². The third-order valence-electron chi connectivity index (χ3n) is 15.1. The van der Waals surface area contributed by atoms with Gasteiger partial charge in [0.2, 0.25) is 0 Å². The topological polar surface area (TPSA) is 178 Å². The zero-order valence-electron chi connectivity index (χ0n) is 63.2. The summed E-state index contributed by atoms with van der Waals surface area (Å²) in [6, 6.07) is 108. The van der Waals surface area contributed by atoms with Crippen LogP contribution in [0.25, 0.3) is 110 Å². The fraction of sp³-hybridized carbons (Fsp3) is 0.0526. The standard InChI is InChI=1S/C15H10N.C14H9N2.C13H8NS.C12H7F3N.2C11H8N.C9H6NS.2C5H8O2.5Ir.Pt/c1-2-7-13(8-3-1)15-14-9-5-4-6-12(14)10-11-16-15;1-2-4-13-11(3-1)7-10-16-14(13)12-5-8-15-9-6-12;1-2-5-11-10(4-1)7-8-14-13(11)12-6-3-9-15-12;13-12(14,15)10-6-4-9(5-7-10)11-3-1-2-8-16-11;2*1-2-6-10(7-3-1)11-8-4-5-9-12-11;1-2-6-10-8(4-1)9-5-3-7-11-9;2*1-4(6)3-5(2)7;;;;;;/h1-7,9-11H;1-5,7-10H;1-5,7-9H;1-4,6-8H;2*1-6,8-9H;1-4,6-7H;2*3,6H,1-2H3;;;;;;/q7*-1;;;;;;;;. The molecule has 118 heavy (non-hydrogen) atoms. The molecular formula is C95H72F3Ir5N8O4PtS2-7. The molecule has 0 amide bonds. The van der Waals surface area contributed by atoms with Crippen molar-refractivity contribution in [1.82, 2.24) is 39.9 Å². The number of rotatable bonds is 9. The summed E-state index contributed by atoms with van der Waals surface area (Å²) in [7, 11) is 0. The van der Waals surface area contributed by atoms with Crippen LogP contribution in [0.15, 0.2) is 363 Å². The Labute approximate surface area is 775 Å². The van der Waals surface area contributed by atoms with E-state index in [1.165, 1.54) is 72.8 Å². The maximum atomic E-state index is 12.3. The first-order valence-corrected chi connectivity index (χ1v) is 36.5.